The largest absolute Gasteiger partial charge is 0.507 e. The van der Waals surface area contributed by atoms with Crippen molar-refractivity contribution in [1.82, 2.24) is 0 Å². The van der Waals surface area contributed by atoms with Crippen molar-refractivity contribution in [3.8, 4) is 5.75 Å². The molecule has 0 aromatic heterocycles. The molecule has 20 heavy (non-hydrogen) atoms. The van der Waals surface area contributed by atoms with Crippen LogP contribution >= 0.6 is 0 Å². The SMILES string of the molecule is COC(=O)CCC(=O)c1ccc(O)c(C(=O)OC)c1C. The van der Waals surface area contributed by atoms with Crippen molar-refractivity contribution in [2.75, 3.05) is 14.2 Å². The van der Waals surface area contributed by atoms with E-state index in [9.17, 15) is 19.5 Å². The fraction of sp³-hybridized carbons (Fsp3) is 0.357. The Balaban J connectivity index is 3.05. The minimum atomic E-state index is -0.720. The summed E-state index contributed by atoms with van der Waals surface area (Å²) in [6, 6.07) is 2.67. The van der Waals surface area contributed by atoms with E-state index in [2.05, 4.69) is 9.47 Å². The van der Waals surface area contributed by atoms with Crippen LogP contribution in [0.4, 0.5) is 0 Å². The molecule has 0 aliphatic heterocycles. The summed E-state index contributed by atoms with van der Waals surface area (Å²) in [6.07, 6.45) is -0.0674. The lowest BCUT2D eigenvalue weighted by molar-refractivity contribution is -0.140. The average Bonchev–Trinajstić information content (AvgIpc) is 2.44. The molecular weight excluding hydrogens is 264 g/mol. The van der Waals surface area contributed by atoms with Gasteiger partial charge in [-0.1, -0.05) is 0 Å². The topological polar surface area (TPSA) is 89.9 Å². The molecule has 0 saturated heterocycles. The maximum atomic E-state index is 12.0. The van der Waals surface area contributed by atoms with E-state index >= 15 is 0 Å². The molecule has 0 spiro atoms. The zero-order valence-corrected chi connectivity index (χ0v) is 11.6. The lowest BCUT2D eigenvalue weighted by Crippen LogP contribution is -2.11. The second-order valence-corrected chi connectivity index (χ2v) is 4.12. The van der Waals surface area contributed by atoms with Crippen LogP contribution in [0.15, 0.2) is 12.1 Å². The molecule has 0 bridgehead atoms. The van der Waals surface area contributed by atoms with Gasteiger partial charge in [0.05, 0.1) is 20.6 Å². The van der Waals surface area contributed by atoms with Gasteiger partial charge in [0.1, 0.15) is 11.3 Å². The fourth-order valence-corrected chi connectivity index (χ4v) is 1.81. The summed E-state index contributed by atoms with van der Waals surface area (Å²) in [6.45, 7) is 1.54. The molecule has 1 aromatic carbocycles. The van der Waals surface area contributed by atoms with Gasteiger partial charge in [0.15, 0.2) is 5.78 Å². The van der Waals surface area contributed by atoms with Gasteiger partial charge < -0.3 is 14.6 Å². The number of ether oxygens (including phenoxy) is 2. The Bertz CT molecular complexity index is 547. The van der Waals surface area contributed by atoms with Gasteiger partial charge in [-0.05, 0) is 24.6 Å². The second-order valence-electron chi connectivity index (χ2n) is 4.12. The van der Waals surface area contributed by atoms with Crippen molar-refractivity contribution in [2.24, 2.45) is 0 Å². The molecule has 0 saturated carbocycles. The van der Waals surface area contributed by atoms with Crippen LogP contribution in [0.1, 0.15) is 39.1 Å². The summed E-state index contributed by atoms with van der Waals surface area (Å²) in [5, 5.41) is 9.67. The third-order valence-electron chi connectivity index (χ3n) is 2.92. The molecule has 0 atom stereocenters. The number of ketones is 1. The first-order valence-electron chi connectivity index (χ1n) is 5.93. The predicted molar refractivity (Wildman–Crippen MR) is 69.8 cm³/mol. The maximum Gasteiger partial charge on any atom is 0.341 e. The maximum absolute atomic E-state index is 12.0. The van der Waals surface area contributed by atoms with E-state index in [4.69, 9.17) is 0 Å². The van der Waals surface area contributed by atoms with E-state index in [1.54, 1.807) is 0 Å². The summed E-state index contributed by atoms with van der Waals surface area (Å²) in [5.74, 6) is -1.76. The molecule has 1 N–H and O–H groups in total. The van der Waals surface area contributed by atoms with Crippen molar-refractivity contribution >= 4 is 17.7 Å². The van der Waals surface area contributed by atoms with E-state index in [1.807, 2.05) is 0 Å². The monoisotopic (exact) mass is 280 g/mol. The number of Topliss-reactive ketones (excluding diaryl/α,β-unsaturated/α-hetero) is 1. The molecule has 0 fully saturated rings. The standard InChI is InChI=1S/C14H16O6/c1-8-9(10(15)6-7-12(17)19-2)4-5-11(16)13(8)14(18)20-3/h4-5,16H,6-7H2,1-3H3. The lowest BCUT2D eigenvalue weighted by Gasteiger charge is -2.10. The van der Waals surface area contributed by atoms with Crippen LogP contribution in [-0.4, -0.2) is 37.0 Å². The van der Waals surface area contributed by atoms with Crippen molar-refractivity contribution in [3.05, 3.63) is 28.8 Å². The Labute approximate surface area is 116 Å². The number of benzene rings is 1. The molecule has 108 valence electrons. The first-order valence-corrected chi connectivity index (χ1v) is 5.93. The van der Waals surface area contributed by atoms with E-state index in [1.165, 1.54) is 33.3 Å². The zero-order chi connectivity index (χ0) is 15.3. The number of phenols is 1. The molecule has 0 aliphatic rings. The molecule has 6 heteroatoms. The molecular formula is C14H16O6. The van der Waals surface area contributed by atoms with Crippen LogP contribution < -0.4 is 0 Å². The summed E-state index contributed by atoms with van der Waals surface area (Å²) in [5.41, 5.74) is 0.551. The Hall–Kier alpha value is -2.37. The zero-order valence-electron chi connectivity index (χ0n) is 11.6. The number of methoxy groups -OCH3 is 2. The number of aromatic hydroxyl groups is 1. The third-order valence-corrected chi connectivity index (χ3v) is 2.92. The predicted octanol–water partition coefficient (Wildman–Crippen LogP) is 1.62. The minimum Gasteiger partial charge on any atom is -0.507 e. The summed E-state index contributed by atoms with van der Waals surface area (Å²) in [7, 11) is 2.43. The van der Waals surface area contributed by atoms with Crippen LogP contribution in [-0.2, 0) is 14.3 Å². The van der Waals surface area contributed by atoms with Crippen LogP contribution in [0.5, 0.6) is 5.75 Å². The number of carbonyl (C=O) groups excluding carboxylic acids is 3. The molecule has 0 aliphatic carbocycles. The number of hydrogen-bond acceptors (Lipinski definition) is 6. The Morgan fingerprint density at radius 3 is 2.30 bits per heavy atom. The quantitative estimate of drug-likeness (QED) is 0.651. The van der Waals surface area contributed by atoms with Crippen LogP contribution in [0, 0.1) is 6.92 Å². The van der Waals surface area contributed by atoms with E-state index in [0.29, 0.717) is 5.56 Å². The average molecular weight is 280 g/mol. The molecule has 0 amide bonds. The lowest BCUT2D eigenvalue weighted by atomic mass is 9.96. The van der Waals surface area contributed by atoms with Gasteiger partial charge >= 0.3 is 11.9 Å². The number of rotatable bonds is 5. The first-order chi connectivity index (χ1) is 9.42. The van der Waals surface area contributed by atoms with E-state index in [0.717, 1.165) is 0 Å². The number of hydrogen-bond donors (Lipinski definition) is 1. The molecule has 0 radical (unpaired) electrons. The summed E-state index contributed by atoms with van der Waals surface area (Å²) >= 11 is 0. The first kappa shape index (κ1) is 15.7. The van der Waals surface area contributed by atoms with Gasteiger partial charge in [-0.15, -0.1) is 0 Å². The number of esters is 2. The smallest absolute Gasteiger partial charge is 0.341 e. The number of phenolic OH excluding ortho intramolecular Hbond substituents is 1. The van der Waals surface area contributed by atoms with Gasteiger partial charge in [-0.25, -0.2) is 4.79 Å². The van der Waals surface area contributed by atoms with Crippen molar-refractivity contribution in [2.45, 2.75) is 19.8 Å². The Morgan fingerprint density at radius 1 is 1.10 bits per heavy atom. The van der Waals surface area contributed by atoms with Gasteiger partial charge in [0, 0.05) is 12.0 Å². The minimum absolute atomic E-state index is 0.0289. The van der Waals surface area contributed by atoms with E-state index < -0.39 is 11.9 Å². The van der Waals surface area contributed by atoms with Gasteiger partial charge in [-0.3, -0.25) is 9.59 Å². The summed E-state index contributed by atoms with van der Waals surface area (Å²) in [4.78, 5) is 34.6. The fourth-order valence-electron chi connectivity index (χ4n) is 1.81. The highest BCUT2D eigenvalue weighted by Gasteiger charge is 2.20. The molecule has 1 aromatic rings. The third kappa shape index (κ3) is 3.34. The highest BCUT2D eigenvalue weighted by molar-refractivity contribution is 6.03. The summed E-state index contributed by atoms with van der Waals surface area (Å²) < 4.78 is 9.02. The van der Waals surface area contributed by atoms with Crippen molar-refractivity contribution in [1.29, 1.82) is 0 Å². The molecule has 6 nitrogen and oxygen atoms in total. The van der Waals surface area contributed by atoms with E-state index in [-0.39, 0.29) is 35.5 Å². The van der Waals surface area contributed by atoms with Gasteiger partial charge in [-0.2, -0.15) is 0 Å². The second kappa shape index (κ2) is 6.70. The van der Waals surface area contributed by atoms with Crippen LogP contribution in [0.25, 0.3) is 0 Å². The van der Waals surface area contributed by atoms with Gasteiger partial charge in [0.2, 0.25) is 0 Å². The highest BCUT2D eigenvalue weighted by Crippen LogP contribution is 2.25. The van der Waals surface area contributed by atoms with Crippen LogP contribution in [0.3, 0.4) is 0 Å². The van der Waals surface area contributed by atoms with Crippen LogP contribution in [0.2, 0.25) is 0 Å². The highest BCUT2D eigenvalue weighted by atomic mass is 16.5. The van der Waals surface area contributed by atoms with Gasteiger partial charge in [0.25, 0.3) is 0 Å². The number of carbonyl (C=O) groups is 3. The normalized spacial score (nSPS) is 9.95. The Morgan fingerprint density at radius 2 is 1.75 bits per heavy atom. The molecule has 1 rings (SSSR count). The van der Waals surface area contributed by atoms with Crippen molar-refractivity contribution < 1.29 is 29.0 Å². The molecule has 0 unspecified atom stereocenters. The molecule has 0 heterocycles. The van der Waals surface area contributed by atoms with Crippen molar-refractivity contribution in [3.63, 3.8) is 0 Å². The Kier molecular flexibility index (Phi) is 5.25.